The lowest BCUT2D eigenvalue weighted by atomic mass is 9.75. The molecule has 0 aliphatic heterocycles. The molecule has 2 N–H and O–H groups in total. The van der Waals surface area contributed by atoms with Gasteiger partial charge in [0.1, 0.15) is 0 Å². The van der Waals surface area contributed by atoms with Gasteiger partial charge in [0.2, 0.25) is 5.91 Å². The van der Waals surface area contributed by atoms with Gasteiger partial charge in [0.25, 0.3) is 0 Å². The van der Waals surface area contributed by atoms with Crippen molar-refractivity contribution in [3.8, 4) is 0 Å². The minimum absolute atomic E-state index is 0.0575. The molecule has 1 amide bonds. The molecule has 0 radical (unpaired) electrons. The Hall–Kier alpha value is -0.870. The van der Waals surface area contributed by atoms with Crippen molar-refractivity contribution in [2.24, 2.45) is 0 Å². The number of hydrogen-bond donors (Lipinski definition) is 2. The predicted molar refractivity (Wildman–Crippen MR) is 76.6 cm³/mol. The van der Waals surface area contributed by atoms with Crippen molar-refractivity contribution >= 4 is 21.8 Å². The zero-order valence-corrected chi connectivity index (χ0v) is 12.3. The third-order valence-corrected chi connectivity index (χ3v) is 4.13. The first-order valence-electron chi connectivity index (χ1n) is 6.33. The third kappa shape index (κ3) is 3.12. The molecule has 1 aliphatic carbocycles. The average molecular weight is 311 g/mol. The Bertz CT molecular complexity index is 412. The van der Waals surface area contributed by atoms with Crippen molar-refractivity contribution in [3.63, 3.8) is 0 Å². The van der Waals surface area contributed by atoms with Gasteiger partial charge in [-0.2, -0.15) is 0 Å². The Morgan fingerprint density at radius 3 is 2.50 bits per heavy atom. The molecule has 18 heavy (non-hydrogen) atoms. The summed E-state index contributed by atoms with van der Waals surface area (Å²) in [7, 11) is 1.67. The maximum absolute atomic E-state index is 11.4. The summed E-state index contributed by atoms with van der Waals surface area (Å²) in [6.07, 6.45) is 2.23. The Morgan fingerprint density at radius 2 is 1.94 bits per heavy atom. The van der Waals surface area contributed by atoms with Crippen LogP contribution in [0.4, 0.5) is 0 Å². The number of likely N-dealkylation sites (N-methyl/N-ethyl adjacent to an activating group) is 1. The van der Waals surface area contributed by atoms with Gasteiger partial charge >= 0.3 is 0 Å². The van der Waals surface area contributed by atoms with Crippen LogP contribution < -0.4 is 10.6 Å². The number of hydrogen-bond acceptors (Lipinski definition) is 2. The largest absolute Gasteiger partial charge is 0.358 e. The highest BCUT2D eigenvalue weighted by Crippen LogP contribution is 2.37. The van der Waals surface area contributed by atoms with Gasteiger partial charge in [-0.15, -0.1) is 0 Å². The van der Waals surface area contributed by atoms with Crippen molar-refractivity contribution in [3.05, 3.63) is 34.3 Å². The number of benzene rings is 1. The Morgan fingerprint density at radius 1 is 1.33 bits per heavy atom. The van der Waals surface area contributed by atoms with E-state index < -0.39 is 0 Å². The molecule has 0 saturated heterocycles. The molecule has 1 aromatic carbocycles. The van der Waals surface area contributed by atoms with Crippen molar-refractivity contribution in [1.29, 1.82) is 0 Å². The molecule has 2 rings (SSSR count). The van der Waals surface area contributed by atoms with Crippen molar-refractivity contribution in [2.75, 3.05) is 7.05 Å². The van der Waals surface area contributed by atoms with E-state index in [2.05, 4.69) is 50.8 Å². The van der Waals surface area contributed by atoms with E-state index in [1.807, 2.05) is 6.92 Å². The lowest BCUT2D eigenvalue weighted by Gasteiger charge is -2.37. The molecule has 4 heteroatoms. The van der Waals surface area contributed by atoms with Gasteiger partial charge in [0, 0.05) is 17.6 Å². The minimum Gasteiger partial charge on any atom is -0.358 e. The minimum atomic E-state index is -0.106. The van der Waals surface area contributed by atoms with Crippen LogP contribution in [0.1, 0.15) is 31.2 Å². The molecular formula is C14H19BrN2O. The van der Waals surface area contributed by atoms with Crippen LogP contribution in [-0.2, 0) is 4.79 Å². The van der Waals surface area contributed by atoms with Crippen LogP contribution in [-0.4, -0.2) is 25.0 Å². The lowest BCUT2D eigenvalue weighted by Crippen LogP contribution is -2.50. The van der Waals surface area contributed by atoms with Gasteiger partial charge in [-0.1, -0.05) is 28.1 Å². The normalized spacial score (nSPS) is 24.2. The summed E-state index contributed by atoms with van der Waals surface area (Å²) in [6.45, 7) is 1.91. The van der Waals surface area contributed by atoms with E-state index >= 15 is 0 Å². The summed E-state index contributed by atoms with van der Waals surface area (Å²) < 4.78 is 1.12. The molecule has 0 heterocycles. The van der Waals surface area contributed by atoms with Gasteiger partial charge < -0.3 is 10.6 Å². The summed E-state index contributed by atoms with van der Waals surface area (Å²) in [5.74, 6) is 0.689. The van der Waals surface area contributed by atoms with Crippen LogP contribution in [0.15, 0.2) is 28.7 Å². The highest BCUT2D eigenvalue weighted by molar-refractivity contribution is 9.10. The smallest absolute Gasteiger partial charge is 0.236 e. The SMILES string of the molecule is CNC(=O)C(C)NC1CC(c2ccc(Br)cc2)C1. The van der Waals surface area contributed by atoms with Gasteiger partial charge in [-0.05, 0) is 43.4 Å². The van der Waals surface area contributed by atoms with Crippen molar-refractivity contribution in [1.82, 2.24) is 10.6 Å². The van der Waals surface area contributed by atoms with E-state index in [1.54, 1.807) is 7.05 Å². The summed E-state index contributed by atoms with van der Waals surface area (Å²) in [6, 6.07) is 8.88. The number of rotatable bonds is 4. The van der Waals surface area contributed by atoms with E-state index in [-0.39, 0.29) is 11.9 Å². The highest BCUT2D eigenvalue weighted by Gasteiger charge is 2.31. The first-order valence-corrected chi connectivity index (χ1v) is 7.12. The highest BCUT2D eigenvalue weighted by atomic mass is 79.9. The molecule has 98 valence electrons. The standard InChI is InChI=1S/C14H19BrN2O/c1-9(14(18)16-2)17-13-7-11(8-13)10-3-5-12(15)6-4-10/h3-6,9,11,13,17H,7-8H2,1-2H3,(H,16,18). The summed E-state index contributed by atoms with van der Waals surface area (Å²) in [4.78, 5) is 11.4. The van der Waals surface area contributed by atoms with Crippen LogP contribution >= 0.6 is 15.9 Å². The van der Waals surface area contributed by atoms with E-state index in [0.29, 0.717) is 12.0 Å². The molecule has 0 bridgehead atoms. The second kappa shape index (κ2) is 5.85. The van der Waals surface area contributed by atoms with Gasteiger partial charge in [0.15, 0.2) is 0 Å². The second-order valence-electron chi connectivity index (χ2n) is 4.92. The fourth-order valence-corrected chi connectivity index (χ4v) is 2.67. The number of halogens is 1. The summed E-state index contributed by atoms with van der Waals surface area (Å²) in [5, 5.41) is 6.02. The van der Waals surface area contributed by atoms with Crippen LogP contribution in [0.2, 0.25) is 0 Å². The topological polar surface area (TPSA) is 41.1 Å². The maximum Gasteiger partial charge on any atom is 0.236 e. The fourth-order valence-electron chi connectivity index (χ4n) is 2.41. The molecule has 0 aromatic heterocycles. The lowest BCUT2D eigenvalue weighted by molar-refractivity contribution is -0.122. The molecule has 3 nitrogen and oxygen atoms in total. The molecule has 0 spiro atoms. The van der Waals surface area contributed by atoms with Gasteiger partial charge in [-0.25, -0.2) is 0 Å². The molecule has 1 aliphatic rings. The summed E-state index contributed by atoms with van der Waals surface area (Å²) in [5.41, 5.74) is 1.39. The predicted octanol–water partition coefficient (Wildman–Crippen LogP) is 2.42. The van der Waals surface area contributed by atoms with Crippen molar-refractivity contribution < 1.29 is 4.79 Å². The quantitative estimate of drug-likeness (QED) is 0.896. The van der Waals surface area contributed by atoms with E-state index in [1.165, 1.54) is 5.56 Å². The zero-order chi connectivity index (χ0) is 13.1. The van der Waals surface area contributed by atoms with Crippen molar-refractivity contribution in [2.45, 2.75) is 37.8 Å². The number of amides is 1. The number of carbonyl (C=O) groups excluding carboxylic acids is 1. The molecule has 1 unspecified atom stereocenters. The van der Waals surface area contributed by atoms with Gasteiger partial charge in [0.05, 0.1) is 6.04 Å². The first-order chi connectivity index (χ1) is 8.60. The Kier molecular flexibility index (Phi) is 4.40. The Labute approximate surface area is 116 Å². The summed E-state index contributed by atoms with van der Waals surface area (Å²) >= 11 is 3.45. The third-order valence-electron chi connectivity index (χ3n) is 3.60. The fraction of sp³-hybridized carbons (Fsp3) is 0.500. The molecule has 1 fully saturated rings. The van der Waals surface area contributed by atoms with Crippen LogP contribution in [0, 0.1) is 0 Å². The van der Waals surface area contributed by atoms with Gasteiger partial charge in [-0.3, -0.25) is 4.79 Å². The maximum atomic E-state index is 11.4. The molecule has 1 aromatic rings. The van der Waals surface area contributed by atoms with E-state index in [9.17, 15) is 4.79 Å². The molecule has 1 saturated carbocycles. The number of nitrogens with one attached hydrogen (secondary N) is 2. The zero-order valence-electron chi connectivity index (χ0n) is 10.7. The number of carbonyl (C=O) groups is 1. The molecule has 1 atom stereocenters. The van der Waals surface area contributed by atoms with Crippen LogP contribution in [0.3, 0.4) is 0 Å². The van der Waals surface area contributed by atoms with Crippen LogP contribution in [0.5, 0.6) is 0 Å². The first kappa shape index (κ1) is 13.6. The second-order valence-corrected chi connectivity index (χ2v) is 5.84. The van der Waals surface area contributed by atoms with Crippen LogP contribution in [0.25, 0.3) is 0 Å². The van der Waals surface area contributed by atoms with E-state index in [4.69, 9.17) is 0 Å². The Balaban J connectivity index is 1.80. The monoisotopic (exact) mass is 310 g/mol. The van der Waals surface area contributed by atoms with E-state index in [0.717, 1.165) is 17.3 Å². The average Bonchev–Trinajstić information content (AvgIpc) is 2.33. The molecular weight excluding hydrogens is 292 g/mol.